The van der Waals surface area contributed by atoms with Crippen molar-refractivity contribution >= 4 is 5.97 Å². The van der Waals surface area contributed by atoms with Crippen LogP contribution in [0.1, 0.15) is 10.4 Å². The summed E-state index contributed by atoms with van der Waals surface area (Å²) in [6.45, 7) is 0. The SMILES string of the molecule is O=C(Oc1ccccc1)c1cccc(O)c1. The molecule has 16 heavy (non-hydrogen) atoms. The lowest BCUT2D eigenvalue weighted by Crippen LogP contribution is -2.07. The summed E-state index contributed by atoms with van der Waals surface area (Å²) in [5.41, 5.74) is 0.323. The van der Waals surface area contributed by atoms with Crippen LogP contribution in [0.5, 0.6) is 11.5 Å². The van der Waals surface area contributed by atoms with Crippen LogP contribution in [-0.4, -0.2) is 11.1 Å². The van der Waals surface area contributed by atoms with E-state index >= 15 is 0 Å². The van der Waals surface area contributed by atoms with E-state index in [1.807, 2.05) is 6.07 Å². The molecule has 2 aromatic rings. The number of rotatable bonds is 2. The first-order valence-corrected chi connectivity index (χ1v) is 4.82. The molecule has 1 N–H and O–H groups in total. The number of phenolic OH excluding ortho intramolecular Hbond substituents is 1. The van der Waals surface area contributed by atoms with Crippen molar-refractivity contribution in [2.24, 2.45) is 0 Å². The van der Waals surface area contributed by atoms with E-state index in [-0.39, 0.29) is 5.75 Å². The van der Waals surface area contributed by atoms with Crippen LogP contribution in [-0.2, 0) is 0 Å². The van der Waals surface area contributed by atoms with Crippen molar-refractivity contribution in [2.45, 2.75) is 0 Å². The molecule has 0 fully saturated rings. The van der Waals surface area contributed by atoms with Gasteiger partial charge in [0.25, 0.3) is 0 Å². The molecule has 80 valence electrons. The summed E-state index contributed by atoms with van der Waals surface area (Å²) in [4.78, 5) is 11.6. The highest BCUT2D eigenvalue weighted by Crippen LogP contribution is 2.15. The second kappa shape index (κ2) is 4.49. The molecule has 3 nitrogen and oxygen atoms in total. The zero-order valence-corrected chi connectivity index (χ0v) is 8.46. The fourth-order valence-electron chi connectivity index (χ4n) is 1.29. The smallest absolute Gasteiger partial charge is 0.343 e. The number of para-hydroxylation sites is 1. The largest absolute Gasteiger partial charge is 0.508 e. The zero-order chi connectivity index (χ0) is 11.4. The number of aromatic hydroxyl groups is 1. The Balaban J connectivity index is 2.15. The Morgan fingerprint density at radius 3 is 2.44 bits per heavy atom. The summed E-state index contributed by atoms with van der Waals surface area (Å²) in [5.74, 6) is 0.0421. The number of phenols is 1. The fraction of sp³-hybridized carbons (Fsp3) is 0. The molecule has 0 spiro atoms. The molecule has 2 rings (SSSR count). The maximum absolute atomic E-state index is 11.6. The molecule has 2 aromatic carbocycles. The highest BCUT2D eigenvalue weighted by molar-refractivity contribution is 5.91. The first-order chi connectivity index (χ1) is 7.75. The minimum atomic E-state index is -0.484. The van der Waals surface area contributed by atoms with E-state index < -0.39 is 5.97 Å². The molecule has 0 aromatic heterocycles. The van der Waals surface area contributed by atoms with Gasteiger partial charge < -0.3 is 9.84 Å². The summed E-state index contributed by atoms with van der Waals surface area (Å²) in [5, 5.41) is 9.22. The standard InChI is InChI=1S/C13H10O3/c14-11-6-4-5-10(9-11)13(15)16-12-7-2-1-3-8-12/h1-9,14H. The van der Waals surface area contributed by atoms with Gasteiger partial charge in [-0.05, 0) is 30.3 Å². The maximum Gasteiger partial charge on any atom is 0.343 e. The van der Waals surface area contributed by atoms with Crippen LogP contribution in [0.4, 0.5) is 0 Å². The molecule has 0 radical (unpaired) electrons. The van der Waals surface area contributed by atoms with Gasteiger partial charge in [0.1, 0.15) is 11.5 Å². The van der Waals surface area contributed by atoms with E-state index in [4.69, 9.17) is 4.74 Å². The van der Waals surface area contributed by atoms with E-state index in [1.165, 1.54) is 12.1 Å². The van der Waals surface area contributed by atoms with Crippen LogP contribution in [0.25, 0.3) is 0 Å². The molecule has 0 heterocycles. The summed E-state index contributed by atoms with van der Waals surface area (Å²) in [6.07, 6.45) is 0. The molecule has 0 aliphatic heterocycles. The monoisotopic (exact) mass is 214 g/mol. The predicted molar refractivity (Wildman–Crippen MR) is 59.5 cm³/mol. The number of hydrogen-bond donors (Lipinski definition) is 1. The maximum atomic E-state index is 11.6. The fourth-order valence-corrected chi connectivity index (χ4v) is 1.29. The molecular formula is C13H10O3. The van der Waals surface area contributed by atoms with E-state index in [9.17, 15) is 9.90 Å². The number of ether oxygens (including phenoxy) is 1. The summed E-state index contributed by atoms with van der Waals surface area (Å²) in [6, 6.07) is 14.8. The lowest BCUT2D eigenvalue weighted by atomic mass is 10.2. The Kier molecular flexibility index (Phi) is 2.87. The van der Waals surface area contributed by atoms with Crippen LogP contribution >= 0.6 is 0 Å². The number of esters is 1. The zero-order valence-electron chi connectivity index (χ0n) is 8.46. The summed E-state index contributed by atoms with van der Waals surface area (Å²) >= 11 is 0. The molecule has 0 bridgehead atoms. The quantitative estimate of drug-likeness (QED) is 0.617. The number of carbonyl (C=O) groups excluding carboxylic acids is 1. The molecule has 0 saturated carbocycles. The van der Waals surface area contributed by atoms with Crippen LogP contribution < -0.4 is 4.74 Å². The average Bonchev–Trinajstić information content (AvgIpc) is 2.30. The van der Waals surface area contributed by atoms with Crippen molar-refractivity contribution in [1.29, 1.82) is 0 Å². The molecule has 0 unspecified atom stereocenters. The van der Waals surface area contributed by atoms with Crippen LogP contribution in [0.15, 0.2) is 54.6 Å². The lowest BCUT2D eigenvalue weighted by Gasteiger charge is -2.03. The van der Waals surface area contributed by atoms with Gasteiger partial charge in [-0.1, -0.05) is 24.3 Å². The Morgan fingerprint density at radius 2 is 1.75 bits per heavy atom. The van der Waals surface area contributed by atoms with Gasteiger partial charge in [-0.15, -0.1) is 0 Å². The van der Waals surface area contributed by atoms with Crippen LogP contribution in [0.2, 0.25) is 0 Å². The molecule has 0 aliphatic carbocycles. The highest BCUT2D eigenvalue weighted by atomic mass is 16.5. The first kappa shape index (κ1) is 10.2. The van der Waals surface area contributed by atoms with E-state index in [0.717, 1.165) is 0 Å². The minimum absolute atomic E-state index is 0.0440. The molecule has 0 saturated heterocycles. The molecule has 0 amide bonds. The van der Waals surface area contributed by atoms with Crippen LogP contribution in [0.3, 0.4) is 0 Å². The first-order valence-electron chi connectivity index (χ1n) is 4.82. The third kappa shape index (κ3) is 2.39. The van der Waals surface area contributed by atoms with Gasteiger partial charge >= 0.3 is 5.97 Å². The van der Waals surface area contributed by atoms with Crippen molar-refractivity contribution < 1.29 is 14.6 Å². The highest BCUT2D eigenvalue weighted by Gasteiger charge is 2.08. The second-order valence-corrected chi connectivity index (χ2v) is 3.25. The summed E-state index contributed by atoms with van der Waals surface area (Å²) in [7, 11) is 0. The van der Waals surface area contributed by atoms with Crippen molar-refractivity contribution in [3.05, 3.63) is 60.2 Å². The average molecular weight is 214 g/mol. The van der Waals surface area contributed by atoms with Gasteiger partial charge in [-0.25, -0.2) is 4.79 Å². The van der Waals surface area contributed by atoms with Gasteiger partial charge in [0.05, 0.1) is 5.56 Å². The van der Waals surface area contributed by atoms with Gasteiger partial charge in [0, 0.05) is 0 Å². The van der Waals surface area contributed by atoms with Crippen molar-refractivity contribution in [1.82, 2.24) is 0 Å². The van der Waals surface area contributed by atoms with Crippen molar-refractivity contribution in [3.63, 3.8) is 0 Å². The Labute approximate surface area is 92.9 Å². The Bertz CT molecular complexity index is 492. The molecular weight excluding hydrogens is 204 g/mol. The second-order valence-electron chi connectivity index (χ2n) is 3.25. The Morgan fingerprint density at radius 1 is 1.00 bits per heavy atom. The summed E-state index contributed by atoms with van der Waals surface area (Å²) < 4.78 is 5.11. The lowest BCUT2D eigenvalue weighted by molar-refractivity contribution is 0.0734. The Hall–Kier alpha value is -2.29. The topological polar surface area (TPSA) is 46.5 Å². The third-order valence-corrected chi connectivity index (χ3v) is 2.04. The van der Waals surface area contributed by atoms with Gasteiger partial charge in [0.15, 0.2) is 0 Å². The number of carbonyl (C=O) groups is 1. The van der Waals surface area contributed by atoms with Gasteiger partial charge in [-0.3, -0.25) is 0 Å². The third-order valence-electron chi connectivity index (χ3n) is 2.04. The molecule has 3 heteroatoms. The van der Waals surface area contributed by atoms with Crippen LogP contribution in [0, 0.1) is 0 Å². The van der Waals surface area contributed by atoms with Crippen molar-refractivity contribution in [3.8, 4) is 11.5 Å². The van der Waals surface area contributed by atoms with E-state index in [2.05, 4.69) is 0 Å². The van der Waals surface area contributed by atoms with E-state index in [1.54, 1.807) is 36.4 Å². The minimum Gasteiger partial charge on any atom is -0.508 e. The number of benzene rings is 2. The van der Waals surface area contributed by atoms with Gasteiger partial charge in [-0.2, -0.15) is 0 Å². The number of hydrogen-bond acceptors (Lipinski definition) is 3. The van der Waals surface area contributed by atoms with Crippen molar-refractivity contribution in [2.75, 3.05) is 0 Å². The normalized spacial score (nSPS) is 9.75. The van der Waals surface area contributed by atoms with Gasteiger partial charge in [0.2, 0.25) is 0 Å². The predicted octanol–water partition coefficient (Wildman–Crippen LogP) is 2.61. The molecule has 0 aliphatic rings. The molecule has 0 atom stereocenters. The van der Waals surface area contributed by atoms with E-state index in [0.29, 0.717) is 11.3 Å².